The van der Waals surface area contributed by atoms with Crippen LogP contribution in [0.1, 0.15) is 109 Å². The minimum atomic E-state index is -0.290. The van der Waals surface area contributed by atoms with Gasteiger partial charge in [-0.15, -0.1) is 0 Å². The maximum Gasteiger partial charge on any atom is 0.137 e. The molecule has 1 aliphatic rings. The maximum atomic E-state index is 9.87. The Balaban J connectivity index is 1.03. The van der Waals surface area contributed by atoms with Crippen molar-refractivity contribution < 1.29 is 8.85 Å². The van der Waals surface area contributed by atoms with Crippen molar-refractivity contribution in [2.45, 2.75) is 105 Å². The smallest absolute Gasteiger partial charge is 0.137 e. The number of nitrogens with zero attached hydrogens (tertiary/aromatic N) is 4. The van der Waals surface area contributed by atoms with E-state index in [0.717, 1.165) is 78.2 Å². The van der Waals surface area contributed by atoms with E-state index in [9.17, 15) is 4.11 Å². The van der Waals surface area contributed by atoms with Crippen LogP contribution in [0.4, 0.5) is 22.7 Å². The molecule has 0 atom stereocenters. The van der Waals surface area contributed by atoms with Crippen molar-refractivity contribution in [2.24, 2.45) is 0 Å². The Kier molecular flexibility index (Phi) is 11.3. The lowest BCUT2D eigenvalue weighted by molar-refractivity contribution is 0.483. The number of benzene rings is 8. The number of hydrogen-bond acceptors (Lipinski definition) is 4. The molecule has 8 aromatic carbocycles. The van der Waals surface area contributed by atoms with Crippen molar-refractivity contribution in [3.63, 3.8) is 0 Å². The van der Waals surface area contributed by atoms with Gasteiger partial charge in [0.25, 0.3) is 0 Å². The van der Waals surface area contributed by atoms with Crippen molar-refractivity contribution in [3.05, 3.63) is 216 Å². The topological polar surface area (TPSA) is 33.5 Å². The Morgan fingerprint density at radius 2 is 1.07 bits per heavy atom. The van der Waals surface area contributed by atoms with Crippen LogP contribution in [0.3, 0.4) is 0 Å². The van der Waals surface area contributed by atoms with Gasteiger partial charge in [0.1, 0.15) is 24.0 Å². The van der Waals surface area contributed by atoms with Crippen LogP contribution in [0, 0.1) is 0 Å². The molecule has 0 bridgehead atoms. The summed E-state index contributed by atoms with van der Waals surface area (Å²) in [5.41, 5.74) is 15.2. The third-order valence-corrected chi connectivity index (χ3v) is 14.9. The third kappa shape index (κ3) is 9.39. The average Bonchev–Trinajstić information content (AvgIpc) is 4.04. The van der Waals surface area contributed by atoms with Gasteiger partial charge >= 0.3 is 0 Å². The minimum absolute atomic E-state index is 0.0181. The highest BCUT2D eigenvalue weighted by atomic mass is 16.5. The van der Waals surface area contributed by atoms with Crippen LogP contribution in [-0.4, -0.2) is 16.2 Å². The molecule has 0 unspecified atom stereocenters. The number of para-hydroxylation sites is 4. The zero-order valence-electron chi connectivity index (χ0n) is 48.6. The first-order valence-corrected chi connectivity index (χ1v) is 26.4. The van der Waals surface area contributed by atoms with Gasteiger partial charge in [-0.25, -0.2) is 4.98 Å². The minimum Gasteiger partial charge on any atom is -0.457 e. The molecule has 11 rings (SSSR count). The first-order chi connectivity index (χ1) is 37.0. The molecular weight excluding hydrogens is 913 g/mol. The number of anilines is 4. The van der Waals surface area contributed by atoms with Crippen LogP contribution in [0.5, 0.6) is 11.5 Å². The number of rotatable bonds is 8. The van der Waals surface area contributed by atoms with E-state index in [1.165, 1.54) is 16.7 Å². The standard InChI is InChI=1S/C70H70N4O/c1-67(2,3)49-37-38-71-65(42-49)74-61-28-16-14-24-57(61)58-36-35-54(44-64(58)74)75-53-22-19-21-52(43-53)72-45-73(63-30-18-17-29-62(63)72)66-55(25-20-26-59(66)56-23-13-15-27-60(56)70(10,11)12)47-33-31-46(32-34-47)48-39-50(68(4,5)6)41-51(40-48)69(7,8)9/h13-44H,45H2,1-12H3/i20D,25D,26D. The van der Waals surface area contributed by atoms with Gasteiger partial charge in [-0.3, -0.25) is 4.57 Å². The molecule has 10 aromatic rings. The Bertz CT molecular complexity index is 3920. The summed E-state index contributed by atoms with van der Waals surface area (Å²) in [5.74, 6) is 2.25. The fraction of sp³-hybridized carbons (Fsp3) is 0.243. The summed E-state index contributed by atoms with van der Waals surface area (Å²) in [6, 6.07) is 59.4. The van der Waals surface area contributed by atoms with E-state index in [1.807, 2.05) is 30.5 Å². The molecule has 5 nitrogen and oxygen atoms in total. The third-order valence-electron chi connectivity index (χ3n) is 14.9. The molecule has 0 spiro atoms. The zero-order valence-corrected chi connectivity index (χ0v) is 45.6. The van der Waals surface area contributed by atoms with Crippen LogP contribution in [0.2, 0.25) is 0 Å². The molecule has 3 heterocycles. The molecular formula is C70H70N4O. The largest absolute Gasteiger partial charge is 0.457 e. The van der Waals surface area contributed by atoms with Gasteiger partial charge in [0.05, 0.1) is 32.2 Å². The molecule has 2 aromatic heterocycles. The second-order valence-electron chi connectivity index (χ2n) is 24.4. The van der Waals surface area contributed by atoms with E-state index >= 15 is 0 Å². The highest BCUT2D eigenvalue weighted by Gasteiger charge is 2.33. The van der Waals surface area contributed by atoms with Crippen molar-refractivity contribution in [1.29, 1.82) is 0 Å². The van der Waals surface area contributed by atoms with Gasteiger partial charge in [0.2, 0.25) is 0 Å². The zero-order chi connectivity index (χ0) is 55.2. The highest BCUT2D eigenvalue weighted by molar-refractivity contribution is 6.09. The molecule has 0 N–H and O–H groups in total. The van der Waals surface area contributed by atoms with Crippen LogP contribution in [0.15, 0.2) is 194 Å². The fourth-order valence-electron chi connectivity index (χ4n) is 10.7. The second-order valence-corrected chi connectivity index (χ2v) is 24.4. The van der Waals surface area contributed by atoms with Crippen molar-refractivity contribution in [2.75, 3.05) is 16.5 Å². The Morgan fingerprint density at radius 1 is 0.453 bits per heavy atom. The number of hydrogen-bond donors (Lipinski definition) is 0. The van der Waals surface area contributed by atoms with Gasteiger partial charge in [-0.1, -0.05) is 204 Å². The quantitative estimate of drug-likeness (QED) is 0.152. The number of fused-ring (bicyclic) bond motifs is 4. The Hall–Kier alpha value is -7.89. The summed E-state index contributed by atoms with van der Waals surface area (Å²) in [6.07, 6.45) is 1.90. The van der Waals surface area contributed by atoms with E-state index in [4.69, 9.17) is 9.72 Å². The molecule has 0 radical (unpaired) electrons. The number of aromatic nitrogens is 2. The van der Waals surface area contributed by atoms with Crippen LogP contribution < -0.4 is 14.5 Å². The molecule has 5 heteroatoms. The number of ether oxygens (including phenoxy) is 1. The summed E-state index contributed by atoms with van der Waals surface area (Å²) in [6.45, 7) is 27.2. The van der Waals surface area contributed by atoms with E-state index in [2.05, 4.69) is 243 Å². The molecule has 0 fully saturated rings. The molecule has 1 aliphatic heterocycles. The van der Waals surface area contributed by atoms with E-state index in [-0.39, 0.29) is 39.8 Å². The van der Waals surface area contributed by atoms with Crippen molar-refractivity contribution in [1.82, 2.24) is 9.55 Å². The fourth-order valence-corrected chi connectivity index (χ4v) is 10.7. The van der Waals surface area contributed by atoms with Crippen LogP contribution in [-0.2, 0) is 21.7 Å². The van der Waals surface area contributed by atoms with Gasteiger partial charge in [0, 0.05) is 45.9 Å². The molecule has 0 saturated carbocycles. The predicted octanol–water partition coefficient (Wildman–Crippen LogP) is 19.4. The molecule has 0 aliphatic carbocycles. The van der Waals surface area contributed by atoms with E-state index < -0.39 is 0 Å². The first-order valence-electron chi connectivity index (χ1n) is 27.9. The predicted molar refractivity (Wildman–Crippen MR) is 318 cm³/mol. The van der Waals surface area contributed by atoms with E-state index in [1.54, 1.807) is 0 Å². The summed E-state index contributed by atoms with van der Waals surface area (Å²) in [5, 5.41) is 2.27. The first kappa shape index (κ1) is 45.7. The average molecular weight is 986 g/mol. The monoisotopic (exact) mass is 986 g/mol. The summed E-state index contributed by atoms with van der Waals surface area (Å²) >= 11 is 0. The van der Waals surface area contributed by atoms with Gasteiger partial charge in [-0.05, 0) is 121 Å². The molecule has 0 saturated heterocycles. The molecule has 75 heavy (non-hydrogen) atoms. The summed E-state index contributed by atoms with van der Waals surface area (Å²) in [7, 11) is 0. The summed E-state index contributed by atoms with van der Waals surface area (Å²) in [4.78, 5) is 9.44. The van der Waals surface area contributed by atoms with Crippen LogP contribution in [0.25, 0.3) is 61.0 Å². The Labute approximate surface area is 449 Å². The van der Waals surface area contributed by atoms with Gasteiger partial charge < -0.3 is 14.5 Å². The number of pyridine rings is 1. The van der Waals surface area contributed by atoms with E-state index in [0.29, 0.717) is 29.3 Å². The lowest BCUT2D eigenvalue weighted by Crippen LogP contribution is -2.25. The van der Waals surface area contributed by atoms with Crippen molar-refractivity contribution in [3.8, 4) is 50.7 Å². The van der Waals surface area contributed by atoms with Gasteiger partial charge in [-0.2, -0.15) is 0 Å². The Morgan fingerprint density at radius 3 is 1.77 bits per heavy atom. The van der Waals surface area contributed by atoms with Crippen molar-refractivity contribution >= 4 is 44.6 Å². The van der Waals surface area contributed by atoms with Crippen LogP contribution >= 0.6 is 0 Å². The lowest BCUT2D eigenvalue weighted by atomic mass is 9.79. The normalized spacial score (nSPS) is 13.8. The molecule has 0 amide bonds. The SMILES string of the molecule is [2H]c1c([2H])c(-c2ccc(-c3cc(C(C)(C)C)cc(C(C)(C)C)c3)cc2)c(N2CN(c3cccc(Oc4ccc5c6ccccc6n(-c6cc(C(C)(C)C)ccn6)c5c4)c3)c3ccccc32)c(-c2ccccc2C(C)(C)C)c1[2H]. The second kappa shape index (κ2) is 18.5. The van der Waals surface area contributed by atoms with Gasteiger partial charge in [0.15, 0.2) is 0 Å². The molecule has 376 valence electrons. The summed E-state index contributed by atoms with van der Waals surface area (Å²) < 4.78 is 38.3. The highest BCUT2D eigenvalue weighted by Crippen LogP contribution is 2.52. The maximum absolute atomic E-state index is 9.87. The lowest BCUT2D eigenvalue weighted by Gasteiger charge is -2.30.